The molecule has 0 saturated heterocycles. The van der Waals surface area contributed by atoms with Crippen LogP contribution in [0.3, 0.4) is 0 Å². The van der Waals surface area contributed by atoms with Crippen LogP contribution >= 0.6 is 0 Å². The lowest BCUT2D eigenvalue weighted by atomic mass is 10.1. The Labute approximate surface area is 147 Å². The number of nitrogens with one attached hydrogen (secondary N) is 2. The lowest BCUT2D eigenvalue weighted by Gasteiger charge is -2.17. The van der Waals surface area contributed by atoms with Gasteiger partial charge in [0.05, 0.1) is 0 Å². The molecule has 0 spiro atoms. The Bertz CT molecular complexity index is 747. The highest BCUT2D eigenvalue weighted by atomic mass is 16.5. The van der Waals surface area contributed by atoms with Crippen molar-refractivity contribution in [2.24, 2.45) is 5.73 Å². The van der Waals surface area contributed by atoms with Crippen LogP contribution in [0.4, 0.5) is 10.5 Å². The Balaban J connectivity index is 2.03. The predicted molar refractivity (Wildman–Crippen MR) is 97.5 cm³/mol. The Kier molecular flexibility index (Phi) is 6.00. The molecule has 0 unspecified atom stereocenters. The minimum absolute atomic E-state index is 0.0826. The summed E-state index contributed by atoms with van der Waals surface area (Å²) in [6.07, 6.45) is -0.0826. The van der Waals surface area contributed by atoms with Crippen LogP contribution in [0.1, 0.15) is 31.1 Å². The number of hydrogen-bond acceptors (Lipinski definition) is 3. The summed E-state index contributed by atoms with van der Waals surface area (Å²) in [6.45, 7) is 5.42. The maximum Gasteiger partial charge on any atom is 0.312 e. The zero-order chi connectivity index (χ0) is 18.4. The summed E-state index contributed by atoms with van der Waals surface area (Å²) < 4.78 is 5.96. The second-order valence-electron chi connectivity index (χ2n) is 5.87. The van der Waals surface area contributed by atoms with Crippen LogP contribution in [0, 0.1) is 6.92 Å². The van der Waals surface area contributed by atoms with E-state index in [9.17, 15) is 9.59 Å². The number of anilines is 1. The highest BCUT2D eigenvalue weighted by molar-refractivity contribution is 5.97. The van der Waals surface area contributed by atoms with E-state index in [4.69, 9.17) is 10.5 Å². The van der Waals surface area contributed by atoms with Crippen molar-refractivity contribution in [2.45, 2.75) is 32.9 Å². The van der Waals surface area contributed by atoms with Crippen molar-refractivity contribution < 1.29 is 14.3 Å². The number of urea groups is 1. The van der Waals surface area contributed by atoms with Crippen molar-refractivity contribution in [3.8, 4) is 5.75 Å². The lowest BCUT2D eigenvalue weighted by molar-refractivity contribution is -0.117. The molecular weight excluding hydrogens is 318 g/mol. The van der Waals surface area contributed by atoms with E-state index in [1.165, 1.54) is 0 Å². The summed E-state index contributed by atoms with van der Waals surface area (Å²) in [5, 5.41) is 5.10. The Morgan fingerprint density at radius 2 is 1.76 bits per heavy atom. The van der Waals surface area contributed by atoms with Gasteiger partial charge in [-0.3, -0.25) is 4.79 Å². The van der Waals surface area contributed by atoms with E-state index in [-0.39, 0.29) is 12.0 Å². The van der Waals surface area contributed by atoms with Gasteiger partial charge in [-0.2, -0.15) is 0 Å². The average Bonchev–Trinajstić information content (AvgIpc) is 2.57. The summed E-state index contributed by atoms with van der Waals surface area (Å²) >= 11 is 0. The summed E-state index contributed by atoms with van der Waals surface area (Å²) in [6, 6.07) is 13.9. The fourth-order valence-corrected chi connectivity index (χ4v) is 2.37. The molecule has 4 N–H and O–H groups in total. The first-order valence-corrected chi connectivity index (χ1v) is 8.06. The smallest absolute Gasteiger partial charge is 0.312 e. The van der Waals surface area contributed by atoms with Gasteiger partial charge in [0, 0.05) is 5.69 Å². The second-order valence-corrected chi connectivity index (χ2v) is 5.87. The van der Waals surface area contributed by atoms with Gasteiger partial charge in [-0.1, -0.05) is 30.3 Å². The zero-order valence-electron chi connectivity index (χ0n) is 14.6. The molecule has 132 valence electrons. The molecule has 0 bridgehead atoms. The summed E-state index contributed by atoms with van der Waals surface area (Å²) in [7, 11) is 0. The number of benzene rings is 2. The molecule has 0 fully saturated rings. The van der Waals surface area contributed by atoms with Crippen LogP contribution in [-0.2, 0) is 4.79 Å². The molecule has 2 rings (SSSR count). The number of carbonyl (C=O) groups excluding carboxylic acids is 2. The minimum atomic E-state index is -0.738. The SMILES string of the molecule is Cc1cc(O[C@H](C)c2ccccc2)ccc1NC(=O)[C@H](C)NC(N)=O. The third-order valence-electron chi connectivity index (χ3n) is 3.79. The highest BCUT2D eigenvalue weighted by Crippen LogP contribution is 2.26. The number of hydrogen-bond donors (Lipinski definition) is 3. The van der Waals surface area contributed by atoms with Crippen LogP contribution in [0.25, 0.3) is 0 Å². The minimum Gasteiger partial charge on any atom is -0.486 e. The van der Waals surface area contributed by atoms with E-state index >= 15 is 0 Å². The summed E-state index contributed by atoms with van der Waals surface area (Å²) in [5.41, 5.74) is 7.62. The lowest BCUT2D eigenvalue weighted by Crippen LogP contribution is -2.44. The van der Waals surface area contributed by atoms with Gasteiger partial charge in [0.25, 0.3) is 0 Å². The second kappa shape index (κ2) is 8.19. The molecule has 0 radical (unpaired) electrons. The molecule has 0 heterocycles. The van der Waals surface area contributed by atoms with E-state index in [1.54, 1.807) is 19.1 Å². The molecule has 0 aliphatic carbocycles. The molecule has 25 heavy (non-hydrogen) atoms. The highest BCUT2D eigenvalue weighted by Gasteiger charge is 2.15. The third-order valence-corrected chi connectivity index (χ3v) is 3.79. The largest absolute Gasteiger partial charge is 0.486 e. The molecule has 0 saturated carbocycles. The van der Waals surface area contributed by atoms with Crippen molar-refractivity contribution in [2.75, 3.05) is 5.32 Å². The molecule has 0 aliphatic rings. The quantitative estimate of drug-likeness (QED) is 0.753. The van der Waals surface area contributed by atoms with Gasteiger partial charge in [0.15, 0.2) is 0 Å². The maximum atomic E-state index is 12.0. The standard InChI is InChI=1S/C19H23N3O3/c1-12-11-16(25-14(3)15-7-5-4-6-8-15)9-10-17(12)22-18(23)13(2)21-19(20)24/h4-11,13-14H,1-3H3,(H,22,23)(H3,20,21,24)/t13-,14+/m0/s1. The first kappa shape index (κ1) is 18.3. The van der Waals surface area contributed by atoms with Crippen molar-refractivity contribution in [3.63, 3.8) is 0 Å². The van der Waals surface area contributed by atoms with Crippen molar-refractivity contribution >= 4 is 17.6 Å². The van der Waals surface area contributed by atoms with E-state index in [0.717, 1.165) is 16.9 Å². The molecule has 6 heteroatoms. The van der Waals surface area contributed by atoms with Crippen LogP contribution in [0.2, 0.25) is 0 Å². The van der Waals surface area contributed by atoms with Gasteiger partial charge in [0.2, 0.25) is 5.91 Å². The van der Waals surface area contributed by atoms with E-state index in [1.807, 2.05) is 50.2 Å². The zero-order valence-corrected chi connectivity index (χ0v) is 14.6. The van der Waals surface area contributed by atoms with Crippen LogP contribution in [0.15, 0.2) is 48.5 Å². The molecule has 2 atom stereocenters. The molecule has 2 aromatic carbocycles. The number of amides is 3. The number of nitrogens with two attached hydrogens (primary N) is 1. The van der Waals surface area contributed by atoms with Crippen molar-refractivity contribution in [3.05, 3.63) is 59.7 Å². The summed E-state index contributed by atoms with van der Waals surface area (Å²) in [4.78, 5) is 22.8. The van der Waals surface area contributed by atoms with Gasteiger partial charge in [-0.25, -0.2) is 4.79 Å². The van der Waals surface area contributed by atoms with Gasteiger partial charge in [0.1, 0.15) is 17.9 Å². The molecule has 2 aromatic rings. The Morgan fingerprint density at radius 3 is 2.36 bits per heavy atom. The van der Waals surface area contributed by atoms with Gasteiger partial charge in [-0.15, -0.1) is 0 Å². The molecular formula is C19H23N3O3. The number of ether oxygens (including phenoxy) is 1. The van der Waals surface area contributed by atoms with E-state index < -0.39 is 12.1 Å². The molecule has 3 amide bonds. The maximum absolute atomic E-state index is 12.0. The monoisotopic (exact) mass is 341 g/mol. The fraction of sp³-hybridized carbons (Fsp3) is 0.263. The average molecular weight is 341 g/mol. The van der Waals surface area contributed by atoms with E-state index in [2.05, 4.69) is 10.6 Å². The number of carbonyl (C=O) groups is 2. The predicted octanol–water partition coefficient (Wildman–Crippen LogP) is 3.13. The van der Waals surface area contributed by atoms with Gasteiger partial charge in [-0.05, 0) is 50.1 Å². The Hall–Kier alpha value is -3.02. The summed E-state index contributed by atoms with van der Waals surface area (Å²) in [5.74, 6) is 0.378. The fourth-order valence-electron chi connectivity index (χ4n) is 2.37. The first-order valence-electron chi connectivity index (χ1n) is 8.06. The first-order chi connectivity index (χ1) is 11.9. The van der Waals surface area contributed by atoms with Crippen molar-refractivity contribution in [1.29, 1.82) is 0 Å². The van der Waals surface area contributed by atoms with Crippen molar-refractivity contribution in [1.82, 2.24) is 5.32 Å². The van der Waals surface area contributed by atoms with Crippen LogP contribution < -0.4 is 21.1 Å². The molecule has 0 aromatic heterocycles. The third kappa shape index (κ3) is 5.24. The number of primary amides is 1. The number of aryl methyl sites for hydroxylation is 1. The van der Waals surface area contributed by atoms with E-state index in [0.29, 0.717) is 5.69 Å². The van der Waals surface area contributed by atoms with Crippen LogP contribution in [0.5, 0.6) is 5.75 Å². The molecule has 0 aliphatic heterocycles. The molecule has 6 nitrogen and oxygen atoms in total. The van der Waals surface area contributed by atoms with Gasteiger partial charge >= 0.3 is 6.03 Å². The normalized spacial score (nSPS) is 12.8. The topological polar surface area (TPSA) is 93.4 Å². The Morgan fingerprint density at radius 1 is 1.08 bits per heavy atom. The number of rotatable bonds is 6. The van der Waals surface area contributed by atoms with Gasteiger partial charge < -0.3 is 21.1 Å². The van der Waals surface area contributed by atoms with Crippen LogP contribution in [-0.4, -0.2) is 18.0 Å².